The molecule has 7 nitrogen and oxygen atoms in total. The Balaban J connectivity index is 1.07. The molecule has 0 amide bonds. The van der Waals surface area contributed by atoms with Gasteiger partial charge in [-0.2, -0.15) is 0 Å². The zero-order valence-electron chi connectivity index (χ0n) is 28.5. The van der Waals surface area contributed by atoms with E-state index in [2.05, 4.69) is 13.8 Å². The number of hydrogen-bond acceptors (Lipinski definition) is 7. The summed E-state index contributed by atoms with van der Waals surface area (Å²) in [7, 11) is 0. The maximum Gasteiger partial charge on any atom is 0.343 e. The lowest BCUT2D eigenvalue weighted by atomic mass is 9.90. The van der Waals surface area contributed by atoms with Crippen LogP contribution in [0.1, 0.15) is 99.3 Å². The van der Waals surface area contributed by atoms with Gasteiger partial charge in [-0.25, -0.2) is 9.59 Å². The van der Waals surface area contributed by atoms with Crippen LogP contribution in [0.4, 0.5) is 0 Å². The molecule has 1 saturated heterocycles. The summed E-state index contributed by atoms with van der Waals surface area (Å²) in [5, 5.41) is 0. The largest absolute Gasteiger partial charge is 0.494 e. The maximum absolute atomic E-state index is 12.7. The number of rotatable bonds is 21. The number of unbranched alkanes of at least 4 members (excludes halogenated alkanes) is 7. The van der Waals surface area contributed by atoms with Gasteiger partial charge >= 0.3 is 11.9 Å². The summed E-state index contributed by atoms with van der Waals surface area (Å²) in [6.07, 6.45) is 10.7. The second-order valence-electron chi connectivity index (χ2n) is 13.2. The minimum Gasteiger partial charge on any atom is -0.494 e. The van der Waals surface area contributed by atoms with Gasteiger partial charge in [0.15, 0.2) is 0 Å². The Bertz CT molecular complexity index is 1340. The topological polar surface area (TPSA) is 80.3 Å². The van der Waals surface area contributed by atoms with E-state index in [-0.39, 0.29) is 11.4 Å². The van der Waals surface area contributed by atoms with Crippen LogP contribution in [0.5, 0.6) is 11.5 Å². The van der Waals surface area contributed by atoms with Crippen LogP contribution in [0.2, 0.25) is 0 Å². The van der Waals surface area contributed by atoms with Crippen molar-refractivity contribution in [3.63, 3.8) is 0 Å². The van der Waals surface area contributed by atoms with E-state index < -0.39 is 5.97 Å². The normalized spacial score (nSPS) is 14.2. The number of carbonyl (C=O) groups excluding carboxylic acids is 2. The Labute approximate surface area is 280 Å². The van der Waals surface area contributed by atoms with E-state index in [0.717, 1.165) is 69.2 Å². The second-order valence-corrected chi connectivity index (χ2v) is 13.2. The fourth-order valence-corrected chi connectivity index (χ4v) is 5.20. The maximum atomic E-state index is 12.7. The van der Waals surface area contributed by atoms with Crippen molar-refractivity contribution in [2.45, 2.75) is 78.6 Å². The van der Waals surface area contributed by atoms with Crippen molar-refractivity contribution < 1.29 is 33.3 Å². The summed E-state index contributed by atoms with van der Waals surface area (Å²) >= 11 is 0. The minimum absolute atomic E-state index is 0.256. The molecule has 0 aliphatic carbocycles. The van der Waals surface area contributed by atoms with E-state index >= 15 is 0 Å². The van der Waals surface area contributed by atoms with Gasteiger partial charge < -0.3 is 23.7 Å². The molecule has 47 heavy (non-hydrogen) atoms. The number of ether oxygens (including phenoxy) is 5. The van der Waals surface area contributed by atoms with Crippen LogP contribution >= 0.6 is 0 Å². The molecule has 1 aliphatic rings. The van der Waals surface area contributed by atoms with Crippen molar-refractivity contribution in [1.29, 1.82) is 0 Å². The number of esters is 2. The molecule has 0 spiro atoms. The highest BCUT2D eigenvalue weighted by molar-refractivity contribution is 5.92. The lowest BCUT2D eigenvalue weighted by Gasteiger charge is -2.37. The van der Waals surface area contributed by atoms with Crippen LogP contribution in [0, 0.1) is 11.3 Å². The average Bonchev–Trinajstić information content (AvgIpc) is 3.08. The first-order valence-electron chi connectivity index (χ1n) is 17.3. The van der Waals surface area contributed by atoms with Gasteiger partial charge in [-0.1, -0.05) is 90.0 Å². The van der Waals surface area contributed by atoms with Crippen molar-refractivity contribution in [3.05, 3.63) is 83.9 Å². The molecule has 254 valence electrons. The van der Waals surface area contributed by atoms with Gasteiger partial charge in [-0.05, 0) is 78.4 Å². The van der Waals surface area contributed by atoms with Crippen LogP contribution in [0.3, 0.4) is 0 Å². The molecule has 3 aromatic carbocycles. The van der Waals surface area contributed by atoms with E-state index in [4.69, 9.17) is 23.7 Å². The second kappa shape index (κ2) is 19.2. The zero-order valence-corrected chi connectivity index (χ0v) is 28.5. The standard InChI is InChI=1S/C40H52O7/c1-4-31(2)27-46-38(41)34-19-23-37(24-20-34)47-39(42)35-15-13-32(14-16-35)33-17-21-36(22-18-33)45-26-12-10-8-6-5-7-9-11-25-43-28-40(3)29-44-30-40/h13-24,31H,4-12,25-30H2,1-3H3/t31-/m1/s1. The molecule has 7 heteroatoms. The van der Waals surface area contributed by atoms with Gasteiger partial charge in [0.25, 0.3) is 0 Å². The number of carbonyl (C=O) groups is 2. The van der Waals surface area contributed by atoms with Gasteiger partial charge in [-0.3, -0.25) is 0 Å². The highest BCUT2D eigenvalue weighted by atomic mass is 16.5. The Morgan fingerprint density at radius 3 is 1.79 bits per heavy atom. The lowest BCUT2D eigenvalue weighted by molar-refractivity contribution is -0.137. The first-order chi connectivity index (χ1) is 22.8. The third-order valence-electron chi connectivity index (χ3n) is 8.61. The third-order valence-corrected chi connectivity index (χ3v) is 8.61. The molecule has 1 atom stereocenters. The van der Waals surface area contributed by atoms with E-state index in [0.29, 0.717) is 29.4 Å². The van der Waals surface area contributed by atoms with E-state index in [9.17, 15) is 9.59 Å². The Morgan fingerprint density at radius 2 is 1.21 bits per heavy atom. The van der Waals surface area contributed by atoms with Gasteiger partial charge in [0.05, 0.1) is 44.2 Å². The summed E-state index contributed by atoms with van der Waals surface area (Å²) in [5.41, 5.74) is 3.17. The van der Waals surface area contributed by atoms with E-state index in [1.165, 1.54) is 38.5 Å². The molecule has 0 radical (unpaired) electrons. The summed E-state index contributed by atoms with van der Waals surface area (Å²) in [4.78, 5) is 24.9. The molecule has 1 aliphatic heterocycles. The highest BCUT2D eigenvalue weighted by Gasteiger charge is 2.33. The van der Waals surface area contributed by atoms with Gasteiger partial charge in [-0.15, -0.1) is 0 Å². The predicted molar refractivity (Wildman–Crippen MR) is 185 cm³/mol. The highest BCUT2D eigenvalue weighted by Crippen LogP contribution is 2.27. The number of hydrogen-bond donors (Lipinski definition) is 0. The summed E-state index contributed by atoms with van der Waals surface area (Å²) < 4.78 is 27.9. The number of benzene rings is 3. The van der Waals surface area contributed by atoms with Gasteiger partial charge in [0.1, 0.15) is 11.5 Å². The molecule has 1 fully saturated rings. The molecular weight excluding hydrogens is 592 g/mol. The molecule has 1 heterocycles. The van der Waals surface area contributed by atoms with E-state index in [1.807, 2.05) is 43.3 Å². The monoisotopic (exact) mass is 644 g/mol. The summed E-state index contributed by atoms with van der Waals surface area (Å²) in [6, 6.07) is 21.8. The Kier molecular flexibility index (Phi) is 14.8. The molecule has 0 saturated carbocycles. The first-order valence-corrected chi connectivity index (χ1v) is 17.3. The molecule has 4 rings (SSSR count). The third kappa shape index (κ3) is 12.5. The lowest BCUT2D eigenvalue weighted by Crippen LogP contribution is -2.43. The van der Waals surface area contributed by atoms with Crippen LogP contribution in [0.15, 0.2) is 72.8 Å². The Hall–Kier alpha value is -3.68. The summed E-state index contributed by atoms with van der Waals surface area (Å²) in [6.45, 7) is 10.8. The fraction of sp³-hybridized carbons (Fsp3) is 0.500. The quantitative estimate of drug-likeness (QED) is 0.0649. The molecule has 0 aromatic heterocycles. The van der Waals surface area contributed by atoms with Crippen molar-refractivity contribution in [2.24, 2.45) is 11.3 Å². The first kappa shape index (κ1) is 36.2. The van der Waals surface area contributed by atoms with Gasteiger partial charge in [0, 0.05) is 12.0 Å². The minimum atomic E-state index is -0.460. The summed E-state index contributed by atoms with van der Waals surface area (Å²) in [5.74, 6) is 0.704. The predicted octanol–water partition coefficient (Wildman–Crippen LogP) is 9.33. The van der Waals surface area contributed by atoms with Gasteiger partial charge in [0.2, 0.25) is 0 Å². The molecule has 0 unspecified atom stereocenters. The molecule has 0 N–H and O–H groups in total. The SMILES string of the molecule is CC[C@@H](C)COC(=O)c1ccc(OC(=O)c2ccc(-c3ccc(OCCCCCCCCCCOCC4(C)COC4)cc3)cc2)cc1. The van der Waals surface area contributed by atoms with Crippen molar-refractivity contribution in [3.8, 4) is 22.6 Å². The fourth-order valence-electron chi connectivity index (χ4n) is 5.20. The molecule has 3 aromatic rings. The van der Waals surface area contributed by atoms with Crippen LogP contribution in [-0.4, -0.2) is 51.6 Å². The molecular formula is C40H52O7. The Morgan fingerprint density at radius 1 is 0.702 bits per heavy atom. The van der Waals surface area contributed by atoms with Crippen molar-refractivity contribution >= 4 is 11.9 Å². The van der Waals surface area contributed by atoms with Crippen LogP contribution < -0.4 is 9.47 Å². The average molecular weight is 645 g/mol. The molecule has 0 bridgehead atoms. The smallest absolute Gasteiger partial charge is 0.343 e. The van der Waals surface area contributed by atoms with E-state index in [1.54, 1.807) is 36.4 Å². The van der Waals surface area contributed by atoms with Crippen molar-refractivity contribution in [1.82, 2.24) is 0 Å². The zero-order chi connectivity index (χ0) is 33.3. The van der Waals surface area contributed by atoms with Crippen LogP contribution in [0.25, 0.3) is 11.1 Å². The van der Waals surface area contributed by atoms with Crippen molar-refractivity contribution in [2.75, 3.05) is 39.6 Å². The van der Waals surface area contributed by atoms with Crippen LogP contribution in [-0.2, 0) is 14.2 Å².